The average Bonchev–Trinajstić information content (AvgIpc) is 2.96. The van der Waals surface area contributed by atoms with Crippen molar-refractivity contribution in [2.45, 2.75) is 6.42 Å². The fraction of sp³-hybridized carbons (Fsp3) is 0.105. The Morgan fingerprint density at radius 3 is 2.81 bits per heavy atom. The highest BCUT2D eigenvalue weighted by atomic mass is 35.5. The molecule has 0 spiro atoms. The van der Waals surface area contributed by atoms with Crippen molar-refractivity contribution in [3.05, 3.63) is 65.6 Å². The lowest BCUT2D eigenvalue weighted by atomic mass is 10.3. The number of ether oxygens (including phenoxy) is 1. The molecule has 2 amide bonds. The number of benzene rings is 1. The first-order valence-electron chi connectivity index (χ1n) is 8.16. The van der Waals surface area contributed by atoms with Gasteiger partial charge in [0.1, 0.15) is 11.4 Å². The van der Waals surface area contributed by atoms with Crippen molar-refractivity contribution in [1.29, 1.82) is 0 Å². The lowest BCUT2D eigenvalue weighted by Gasteiger charge is -2.10. The number of primary amides is 1. The van der Waals surface area contributed by atoms with Crippen molar-refractivity contribution >= 4 is 40.8 Å². The van der Waals surface area contributed by atoms with E-state index in [1.807, 2.05) is 24.4 Å². The van der Waals surface area contributed by atoms with Gasteiger partial charge in [0.15, 0.2) is 5.15 Å². The molecular weight excluding hydrogens is 368 g/mol. The lowest BCUT2D eigenvalue weighted by Crippen LogP contribution is -2.15. The Bertz CT molecular complexity index is 1010. The third-order valence-electron chi connectivity index (χ3n) is 3.67. The Morgan fingerprint density at radius 2 is 2.00 bits per heavy atom. The summed E-state index contributed by atoms with van der Waals surface area (Å²) in [5, 5.41) is 3.04. The first kappa shape index (κ1) is 18.5. The quantitative estimate of drug-likeness (QED) is 0.612. The maximum absolute atomic E-state index is 12.3. The Labute approximate surface area is 160 Å². The van der Waals surface area contributed by atoms with E-state index in [-0.39, 0.29) is 18.9 Å². The number of nitrogens with two attached hydrogens (primary N) is 1. The molecule has 3 N–H and O–H groups in total. The summed E-state index contributed by atoms with van der Waals surface area (Å²) in [6.07, 6.45) is 4.86. The standard InChI is InChI=1S/C19H17ClN4O3/c20-19-14(24-11-4-3-7-17(24)23-19)8-9-18(26)22-13-5-1-2-6-15(13)27-12-10-16(21)25/h1-9,11H,10,12H2,(H2,21,25)(H,22,26)/b9-8+. The molecule has 2 heterocycles. The fourth-order valence-corrected chi connectivity index (χ4v) is 2.66. The predicted molar refractivity (Wildman–Crippen MR) is 104 cm³/mol. The van der Waals surface area contributed by atoms with Gasteiger partial charge in [-0.3, -0.25) is 14.0 Å². The molecule has 27 heavy (non-hydrogen) atoms. The van der Waals surface area contributed by atoms with Crippen LogP contribution < -0.4 is 15.8 Å². The minimum atomic E-state index is -0.454. The topological polar surface area (TPSA) is 98.7 Å². The molecule has 1 aromatic carbocycles. The number of fused-ring (bicyclic) bond motifs is 1. The normalized spacial score (nSPS) is 11.0. The van der Waals surface area contributed by atoms with E-state index in [1.54, 1.807) is 34.7 Å². The van der Waals surface area contributed by atoms with E-state index < -0.39 is 5.91 Å². The lowest BCUT2D eigenvalue weighted by molar-refractivity contribution is -0.118. The van der Waals surface area contributed by atoms with Crippen LogP contribution in [0.25, 0.3) is 11.7 Å². The number of imidazole rings is 1. The van der Waals surface area contributed by atoms with E-state index in [2.05, 4.69) is 10.3 Å². The maximum Gasteiger partial charge on any atom is 0.248 e. The molecule has 0 radical (unpaired) electrons. The molecule has 3 rings (SSSR count). The summed E-state index contributed by atoms with van der Waals surface area (Å²) < 4.78 is 7.29. The molecule has 2 aromatic heterocycles. The van der Waals surface area contributed by atoms with Gasteiger partial charge in [0.25, 0.3) is 0 Å². The second-order valence-corrected chi connectivity index (χ2v) is 5.96. The van der Waals surface area contributed by atoms with E-state index in [0.29, 0.717) is 27.9 Å². The number of nitrogens with one attached hydrogen (secondary N) is 1. The van der Waals surface area contributed by atoms with Crippen LogP contribution in [0.3, 0.4) is 0 Å². The number of para-hydroxylation sites is 2. The number of anilines is 1. The van der Waals surface area contributed by atoms with E-state index in [1.165, 1.54) is 6.08 Å². The summed E-state index contributed by atoms with van der Waals surface area (Å²) >= 11 is 6.15. The molecule has 0 saturated carbocycles. The number of hydrogen-bond donors (Lipinski definition) is 2. The second-order valence-electron chi connectivity index (χ2n) is 5.60. The van der Waals surface area contributed by atoms with Gasteiger partial charge in [0, 0.05) is 12.3 Å². The number of hydrogen-bond acceptors (Lipinski definition) is 4. The van der Waals surface area contributed by atoms with Crippen LogP contribution in [-0.2, 0) is 9.59 Å². The number of pyridine rings is 1. The van der Waals surface area contributed by atoms with Gasteiger partial charge >= 0.3 is 0 Å². The highest BCUT2D eigenvalue weighted by Gasteiger charge is 2.09. The zero-order chi connectivity index (χ0) is 19.2. The van der Waals surface area contributed by atoms with Crippen molar-refractivity contribution in [3.8, 4) is 5.75 Å². The van der Waals surface area contributed by atoms with Gasteiger partial charge in [-0.1, -0.05) is 29.8 Å². The van der Waals surface area contributed by atoms with Gasteiger partial charge in [0.05, 0.1) is 24.4 Å². The number of halogens is 1. The predicted octanol–water partition coefficient (Wildman–Crippen LogP) is 2.89. The summed E-state index contributed by atoms with van der Waals surface area (Å²) in [5.41, 5.74) is 6.88. The Hall–Kier alpha value is -3.32. The number of amides is 2. The Balaban J connectivity index is 1.71. The van der Waals surface area contributed by atoms with E-state index in [9.17, 15) is 9.59 Å². The molecule has 8 heteroatoms. The van der Waals surface area contributed by atoms with Crippen LogP contribution in [0.2, 0.25) is 5.15 Å². The summed E-state index contributed by atoms with van der Waals surface area (Å²) in [4.78, 5) is 27.3. The van der Waals surface area contributed by atoms with Crippen LogP contribution in [0, 0.1) is 0 Å². The number of nitrogens with zero attached hydrogens (tertiary/aromatic N) is 2. The molecule has 3 aromatic rings. The molecule has 0 fully saturated rings. The molecular formula is C19H17ClN4O3. The number of aromatic nitrogens is 2. The van der Waals surface area contributed by atoms with Gasteiger partial charge in [0.2, 0.25) is 11.8 Å². The van der Waals surface area contributed by atoms with E-state index in [0.717, 1.165) is 0 Å². The Kier molecular flexibility index (Phi) is 5.73. The molecule has 0 unspecified atom stereocenters. The van der Waals surface area contributed by atoms with Crippen LogP contribution in [0.15, 0.2) is 54.7 Å². The minimum absolute atomic E-state index is 0.0922. The maximum atomic E-state index is 12.3. The van der Waals surface area contributed by atoms with Crippen LogP contribution in [0.4, 0.5) is 5.69 Å². The zero-order valence-electron chi connectivity index (χ0n) is 14.3. The van der Waals surface area contributed by atoms with Crippen molar-refractivity contribution in [2.75, 3.05) is 11.9 Å². The monoisotopic (exact) mass is 384 g/mol. The summed E-state index contributed by atoms with van der Waals surface area (Å²) in [6, 6.07) is 12.5. The van der Waals surface area contributed by atoms with Gasteiger partial charge in [-0.15, -0.1) is 0 Å². The molecule has 7 nitrogen and oxygen atoms in total. The highest BCUT2D eigenvalue weighted by Crippen LogP contribution is 2.24. The average molecular weight is 385 g/mol. The van der Waals surface area contributed by atoms with Crippen LogP contribution in [0.5, 0.6) is 5.75 Å². The van der Waals surface area contributed by atoms with Crippen molar-refractivity contribution < 1.29 is 14.3 Å². The van der Waals surface area contributed by atoms with Gasteiger partial charge < -0.3 is 15.8 Å². The van der Waals surface area contributed by atoms with Crippen molar-refractivity contribution in [1.82, 2.24) is 9.38 Å². The molecule has 138 valence electrons. The number of rotatable bonds is 7. The van der Waals surface area contributed by atoms with E-state index in [4.69, 9.17) is 22.1 Å². The van der Waals surface area contributed by atoms with Crippen LogP contribution >= 0.6 is 11.6 Å². The van der Waals surface area contributed by atoms with Gasteiger partial charge in [-0.25, -0.2) is 4.98 Å². The summed E-state index contributed by atoms with van der Waals surface area (Å²) in [6.45, 7) is 0.134. The number of carbonyl (C=O) groups is 2. The largest absolute Gasteiger partial charge is 0.491 e. The van der Waals surface area contributed by atoms with Crippen molar-refractivity contribution in [2.24, 2.45) is 5.73 Å². The fourth-order valence-electron chi connectivity index (χ4n) is 2.42. The molecule has 0 aliphatic carbocycles. The third kappa shape index (κ3) is 4.65. The van der Waals surface area contributed by atoms with Gasteiger partial charge in [-0.2, -0.15) is 0 Å². The first-order valence-corrected chi connectivity index (χ1v) is 8.54. The molecule has 0 atom stereocenters. The summed E-state index contributed by atoms with van der Waals surface area (Å²) in [5.74, 6) is -0.361. The first-order chi connectivity index (χ1) is 13.0. The zero-order valence-corrected chi connectivity index (χ0v) is 15.0. The molecule has 0 aliphatic rings. The molecule has 0 bridgehead atoms. The van der Waals surface area contributed by atoms with E-state index >= 15 is 0 Å². The van der Waals surface area contributed by atoms with Crippen LogP contribution in [0.1, 0.15) is 12.1 Å². The van der Waals surface area contributed by atoms with Gasteiger partial charge in [-0.05, 0) is 30.3 Å². The Morgan fingerprint density at radius 1 is 1.22 bits per heavy atom. The van der Waals surface area contributed by atoms with Crippen molar-refractivity contribution in [3.63, 3.8) is 0 Å². The highest BCUT2D eigenvalue weighted by molar-refractivity contribution is 6.31. The summed E-state index contributed by atoms with van der Waals surface area (Å²) in [7, 11) is 0. The third-order valence-corrected chi connectivity index (χ3v) is 3.94. The SMILES string of the molecule is NC(=O)CCOc1ccccc1NC(=O)/C=C/c1c(Cl)nc2ccccn12. The number of carbonyl (C=O) groups excluding carboxylic acids is 2. The second kappa shape index (κ2) is 8.37. The van der Waals surface area contributed by atoms with Crippen LogP contribution in [-0.4, -0.2) is 27.8 Å². The smallest absolute Gasteiger partial charge is 0.248 e. The molecule has 0 saturated heterocycles. The molecule has 0 aliphatic heterocycles. The minimum Gasteiger partial charge on any atom is -0.491 e.